The van der Waals surface area contributed by atoms with E-state index in [0.717, 1.165) is 73.9 Å². The van der Waals surface area contributed by atoms with Crippen molar-refractivity contribution in [2.24, 2.45) is 11.8 Å². The zero-order valence-corrected chi connectivity index (χ0v) is 30.8. The van der Waals surface area contributed by atoms with Gasteiger partial charge in [-0.3, -0.25) is 4.79 Å². The van der Waals surface area contributed by atoms with Gasteiger partial charge in [-0.25, -0.2) is 0 Å². The summed E-state index contributed by atoms with van der Waals surface area (Å²) in [6.07, 6.45) is 6.79. The van der Waals surface area contributed by atoms with Crippen LogP contribution < -0.4 is 20.1 Å². The van der Waals surface area contributed by atoms with Crippen LogP contribution in [0.1, 0.15) is 86.3 Å². The number of hydrogen-bond acceptors (Lipinski definition) is 9. The molecule has 8 rings (SSSR count). The first-order chi connectivity index (χ1) is 25.7. The molecule has 1 unspecified atom stereocenters. The lowest BCUT2D eigenvalue weighted by atomic mass is 9.80. The van der Waals surface area contributed by atoms with Crippen LogP contribution in [0.5, 0.6) is 17.2 Å². The molecule has 3 aromatic rings. The van der Waals surface area contributed by atoms with Crippen molar-refractivity contribution < 1.29 is 43.9 Å². The van der Waals surface area contributed by atoms with Gasteiger partial charge in [0.05, 0.1) is 51.2 Å². The molecule has 4 aliphatic heterocycles. The van der Waals surface area contributed by atoms with Gasteiger partial charge in [0, 0.05) is 55.0 Å². The zero-order chi connectivity index (χ0) is 37.0. The molecule has 11 heteroatoms. The van der Waals surface area contributed by atoms with Gasteiger partial charge in [-0.1, -0.05) is 49.2 Å². The second-order valence-corrected chi connectivity index (χ2v) is 15.8. The molecule has 0 aromatic heterocycles. The van der Waals surface area contributed by atoms with Gasteiger partial charge in [-0.2, -0.15) is 0 Å². The third-order valence-electron chi connectivity index (χ3n) is 12.4. The molecule has 286 valence electrons. The van der Waals surface area contributed by atoms with E-state index in [1.807, 2.05) is 43.3 Å². The van der Waals surface area contributed by atoms with E-state index in [4.69, 9.17) is 14.2 Å². The van der Waals surface area contributed by atoms with Crippen LogP contribution in [-0.2, 0) is 21.7 Å². The van der Waals surface area contributed by atoms with Gasteiger partial charge in [-0.15, -0.1) is 0 Å². The topological polar surface area (TPSA) is 150 Å². The number of anilines is 1. The first-order valence-corrected chi connectivity index (χ1v) is 19.5. The lowest BCUT2D eigenvalue weighted by Crippen LogP contribution is -2.65. The van der Waals surface area contributed by atoms with Crippen LogP contribution in [0.25, 0.3) is 0 Å². The molecule has 2 bridgehead atoms. The van der Waals surface area contributed by atoms with Crippen LogP contribution in [0.15, 0.2) is 60.7 Å². The number of aliphatic hydroxyl groups excluding tert-OH is 2. The van der Waals surface area contributed by atoms with E-state index in [0.29, 0.717) is 47.4 Å². The Bertz CT molecular complexity index is 1710. The number of carbonyl (C=O) groups excluding carboxylic acids is 1. The van der Waals surface area contributed by atoms with Crippen molar-refractivity contribution >= 4 is 11.6 Å². The van der Waals surface area contributed by atoms with Crippen molar-refractivity contribution in [3.8, 4) is 17.2 Å². The lowest BCUT2D eigenvalue weighted by molar-refractivity contribution is -0.946. The Morgan fingerprint density at radius 1 is 1.06 bits per heavy atom. The van der Waals surface area contributed by atoms with E-state index in [9.17, 15) is 25.2 Å². The SMILES string of the molecule is C[C@H](NC[C@H](O)c1cc(O)cc2c1OCC(=O)N2)c1ccc(OCCC[N+]23CCC(CC2)[C@@H](OCC(O)(c2ccccc2)C2CCCC2)C3)c(CO)c1. The highest BCUT2D eigenvalue weighted by Crippen LogP contribution is 2.43. The maximum absolute atomic E-state index is 12.1. The monoisotopic (exact) mass is 730 g/mol. The molecule has 4 heterocycles. The average molecular weight is 731 g/mol. The summed E-state index contributed by atoms with van der Waals surface area (Å²) < 4.78 is 19.6. The van der Waals surface area contributed by atoms with Crippen molar-refractivity contribution in [2.45, 2.75) is 82.3 Å². The van der Waals surface area contributed by atoms with Crippen LogP contribution in [-0.4, -0.2) is 89.5 Å². The summed E-state index contributed by atoms with van der Waals surface area (Å²) >= 11 is 0. The fourth-order valence-corrected chi connectivity index (χ4v) is 9.22. The van der Waals surface area contributed by atoms with Gasteiger partial charge in [0.25, 0.3) is 5.91 Å². The number of fused-ring (bicyclic) bond motifs is 4. The predicted molar refractivity (Wildman–Crippen MR) is 201 cm³/mol. The molecule has 5 aliphatic rings. The second-order valence-electron chi connectivity index (χ2n) is 15.8. The third-order valence-corrected chi connectivity index (χ3v) is 12.4. The average Bonchev–Trinajstić information content (AvgIpc) is 3.74. The van der Waals surface area contributed by atoms with Crippen LogP contribution >= 0.6 is 0 Å². The second kappa shape index (κ2) is 16.3. The molecular formula is C42H56N3O8+. The molecule has 0 radical (unpaired) electrons. The summed E-state index contributed by atoms with van der Waals surface area (Å²) in [6, 6.07) is 18.6. The number of nitrogens with one attached hydrogen (secondary N) is 2. The molecule has 1 amide bonds. The van der Waals surface area contributed by atoms with Crippen molar-refractivity contribution in [2.75, 3.05) is 57.9 Å². The number of nitrogens with zero attached hydrogens (tertiary/aromatic N) is 1. The molecule has 11 nitrogen and oxygen atoms in total. The quantitative estimate of drug-likeness (QED) is 0.0878. The highest BCUT2D eigenvalue weighted by molar-refractivity contribution is 5.96. The number of aromatic hydroxyl groups is 1. The first-order valence-electron chi connectivity index (χ1n) is 19.5. The van der Waals surface area contributed by atoms with Crippen LogP contribution in [0.2, 0.25) is 0 Å². The Balaban J connectivity index is 0.903. The summed E-state index contributed by atoms with van der Waals surface area (Å²) in [5.74, 6) is 1.41. The summed E-state index contributed by atoms with van der Waals surface area (Å²) in [7, 11) is 0. The standard InChI is InChI=1S/C42H55N3O8/c1-28(43-23-37(48)35-21-34(47)22-36-41(35)52-26-40(49)44-36)30-12-13-38(31(20-30)25-46)51-19-7-16-45-17-14-29(15-18-45)39(24-45)53-27-42(50,33-10-5-6-11-33)32-8-3-2-4-9-32/h2-4,8-9,12-13,20-22,28-29,33,37,39,43,46,48,50H,5-7,10-11,14-19,23-27H2,1H3,(H-,44,47,49)/p+1/t28-,29?,37-,39-,42?,45?/m0/s1. The predicted octanol–water partition coefficient (Wildman–Crippen LogP) is 5.07. The first kappa shape index (κ1) is 37.6. The normalized spacial score (nSPS) is 24.9. The number of benzene rings is 3. The highest BCUT2D eigenvalue weighted by atomic mass is 16.5. The Hall–Kier alpha value is -3.71. The largest absolute Gasteiger partial charge is 0.508 e. The lowest BCUT2D eigenvalue weighted by Gasteiger charge is -2.53. The fraction of sp³-hybridized carbons (Fsp3) is 0.548. The number of carbonyl (C=O) groups is 1. The number of quaternary nitrogens is 1. The van der Waals surface area contributed by atoms with Crippen molar-refractivity contribution in [3.63, 3.8) is 0 Å². The number of ether oxygens (including phenoxy) is 3. The number of rotatable bonds is 16. The number of phenols is 1. The Morgan fingerprint density at radius 2 is 1.83 bits per heavy atom. The van der Waals surface area contributed by atoms with Crippen LogP contribution in [0.4, 0.5) is 5.69 Å². The zero-order valence-electron chi connectivity index (χ0n) is 30.8. The number of hydrogen-bond donors (Lipinski definition) is 6. The molecule has 6 N–H and O–H groups in total. The van der Waals surface area contributed by atoms with Crippen molar-refractivity contribution in [1.29, 1.82) is 0 Å². The molecule has 4 fully saturated rings. The number of piperidine rings is 3. The van der Waals surface area contributed by atoms with Gasteiger partial charge in [0.2, 0.25) is 0 Å². The molecule has 3 aromatic carbocycles. The van der Waals surface area contributed by atoms with Gasteiger partial charge in [-0.05, 0) is 55.0 Å². The minimum absolute atomic E-state index is 0.0785. The maximum Gasteiger partial charge on any atom is 0.262 e. The van der Waals surface area contributed by atoms with E-state index in [-0.39, 0.29) is 49.5 Å². The van der Waals surface area contributed by atoms with Crippen molar-refractivity contribution in [1.82, 2.24) is 5.32 Å². The molecule has 1 aliphatic carbocycles. The summed E-state index contributed by atoms with van der Waals surface area (Å²) in [5, 5.41) is 49.4. The minimum atomic E-state index is -0.999. The number of phenolic OH excluding ortho intramolecular Hbond substituents is 1. The van der Waals surface area contributed by atoms with Crippen LogP contribution in [0.3, 0.4) is 0 Å². The molecule has 3 saturated heterocycles. The van der Waals surface area contributed by atoms with E-state index >= 15 is 0 Å². The number of aliphatic hydroxyl groups is 3. The molecule has 4 atom stereocenters. The fourth-order valence-electron chi connectivity index (χ4n) is 9.22. The number of amides is 1. The molecule has 53 heavy (non-hydrogen) atoms. The summed E-state index contributed by atoms with van der Waals surface area (Å²) in [4.78, 5) is 11.7. The van der Waals surface area contributed by atoms with Crippen LogP contribution in [0, 0.1) is 11.8 Å². The Morgan fingerprint density at radius 3 is 2.58 bits per heavy atom. The van der Waals surface area contributed by atoms with E-state index in [2.05, 4.69) is 22.8 Å². The molecule has 1 saturated carbocycles. The van der Waals surface area contributed by atoms with Gasteiger partial charge in [0.1, 0.15) is 35.5 Å². The Labute approximate surface area is 312 Å². The van der Waals surface area contributed by atoms with Crippen molar-refractivity contribution in [3.05, 3.63) is 82.9 Å². The highest BCUT2D eigenvalue weighted by Gasteiger charge is 2.48. The molecule has 0 spiro atoms. The Kier molecular flexibility index (Phi) is 11.6. The molecular weight excluding hydrogens is 674 g/mol. The maximum atomic E-state index is 12.1. The summed E-state index contributed by atoms with van der Waals surface area (Å²) in [5.41, 5.74) is 2.39. The van der Waals surface area contributed by atoms with E-state index in [1.165, 1.54) is 25.0 Å². The van der Waals surface area contributed by atoms with E-state index < -0.39 is 11.7 Å². The smallest absolute Gasteiger partial charge is 0.262 e. The van der Waals surface area contributed by atoms with Gasteiger partial charge in [0.15, 0.2) is 6.61 Å². The van der Waals surface area contributed by atoms with Gasteiger partial charge < -0.3 is 49.8 Å². The van der Waals surface area contributed by atoms with Gasteiger partial charge >= 0.3 is 0 Å². The summed E-state index contributed by atoms with van der Waals surface area (Å²) in [6.45, 7) is 7.04. The van der Waals surface area contributed by atoms with E-state index in [1.54, 1.807) is 0 Å². The third kappa shape index (κ3) is 8.35. The minimum Gasteiger partial charge on any atom is -0.508 e.